The molecule has 6 heteroatoms. The van der Waals surface area contributed by atoms with Gasteiger partial charge in [0, 0.05) is 13.0 Å². The molecule has 2 aromatic rings. The lowest BCUT2D eigenvalue weighted by Gasteiger charge is -2.57. The molecule has 0 bridgehead atoms. The van der Waals surface area contributed by atoms with Crippen LogP contribution in [0, 0.1) is 22.7 Å². The first-order chi connectivity index (χ1) is 20.8. The summed E-state index contributed by atoms with van der Waals surface area (Å²) in [4.78, 5) is 14.8. The molecule has 0 radical (unpaired) electrons. The Morgan fingerprint density at radius 3 is 1.96 bits per heavy atom. The molecule has 248 valence electrons. The fraction of sp³-hybridized carbons (Fsp3) is 0.667. The summed E-state index contributed by atoms with van der Waals surface area (Å²) in [5.74, 6) is 0.725. The van der Waals surface area contributed by atoms with Gasteiger partial charge in [0.25, 0.3) is 8.32 Å². The van der Waals surface area contributed by atoms with E-state index in [1.807, 2.05) is 0 Å². The molecule has 1 saturated heterocycles. The van der Waals surface area contributed by atoms with E-state index >= 15 is 0 Å². The number of fused-ring (bicyclic) bond motifs is 2. The van der Waals surface area contributed by atoms with Crippen LogP contribution in [-0.2, 0) is 18.4 Å². The van der Waals surface area contributed by atoms with Crippen molar-refractivity contribution in [3.8, 4) is 0 Å². The van der Waals surface area contributed by atoms with Crippen molar-refractivity contribution in [2.45, 2.75) is 136 Å². The number of carbonyl (C=O) groups excluding carboxylic acids is 1. The fourth-order valence-electron chi connectivity index (χ4n) is 10.0. The van der Waals surface area contributed by atoms with Crippen LogP contribution in [0.15, 0.2) is 60.7 Å². The van der Waals surface area contributed by atoms with Gasteiger partial charge in [-0.2, -0.15) is 0 Å². The average molecular weight is 649 g/mol. The molecule has 5 rings (SSSR count). The summed E-state index contributed by atoms with van der Waals surface area (Å²) in [6.45, 7) is 25.8. The highest BCUT2D eigenvalue weighted by molar-refractivity contribution is 6.99. The van der Waals surface area contributed by atoms with E-state index in [1.54, 1.807) is 0 Å². The summed E-state index contributed by atoms with van der Waals surface area (Å²) in [5.41, 5.74) is -0.783. The molecule has 2 aromatic carbocycles. The van der Waals surface area contributed by atoms with Crippen molar-refractivity contribution in [2.24, 2.45) is 22.7 Å². The monoisotopic (exact) mass is 648 g/mol. The van der Waals surface area contributed by atoms with Crippen LogP contribution in [0.25, 0.3) is 0 Å². The minimum Gasteiger partial charge on any atom is -0.412 e. The molecule has 2 aliphatic carbocycles. The third-order valence-corrected chi connectivity index (χ3v) is 17.9. The number of Topliss-reactive ketones (excluding diaryl/α,β-unsaturated/α-hetero) is 1. The molecule has 0 amide bonds. The number of carbonyl (C=O) groups is 1. The number of hydrogen-bond donors (Lipinski definition) is 0. The van der Waals surface area contributed by atoms with E-state index in [0.29, 0.717) is 31.1 Å². The third-order valence-electron chi connectivity index (χ3n) is 11.7. The number of ether oxygens (including phenoxy) is 1. The Bertz CT molecular complexity index is 1310. The molecular weight excluding hydrogens is 589 g/mol. The largest absolute Gasteiger partial charge is 0.412 e. The molecule has 4 nitrogen and oxygen atoms in total. The number of rotatable bonds is 11. The molecule has 6 atom stereocenters. The molecule has 0 spiro atoms. The van der Waals surface area contributed by atoms with Crippen molar-refractivity contribution < 1.29 is 18.4 Å². The van der Waals surface area contributed by atoms with Crippen LogP contribution in [-0.4, -0.2) is 46.3 Å². The number of ketones is 1. The molecule has 1 aliphatic heterocycles. The van der Waals surface area contributed by atoms with Crippen molar-refractivity contribution in [1.82, 2.24) is 0 Å². The van der Waals surface area contributed by atoms with Gasteiger partial charge >= 0.3 is 0 Å². The Morgan fingerprint density at radius 1 is 0.889 bits per heavy atom. The molecule has 3 fully saturated rings. The van der Waals surface area contributed by atoms with Crippen LogP contribution >= 0.6 is 0 Å². The van der Waals surface area contributed by atoms with Gasteiger partial charge in [0.05, 0.1) is 17.6 Å². The Labute approximate surface area is 276 Å². The van der Waals surface area contributed by atoms with E-state index < -0.39 is 22.2 Å². The van der Waals surface area contributed by atoms with Gasteiger partial charge in [0.1, 0.15) is 11.4 Å². The SMILES string of the molecule is CC1(C)CCC[C@]2(C)[C@@H](C(=O)C[C@](C)(CCO[Si](c3ccccc3)(c3ccccc3)C(C)(C)C)O[Si](C)(C)C)[C@]3(C)O[C@@H]3C[C@@H]12. The zero-order valence-electron chi connectivity index (χ0n) is 30.1. The summed E-state index contributed by atoms with van der Waals surface area (Å²) in [5, 5.41) is 2.45. The fourth-order valence-corrected chi connectivity index (χ4v) is 16.2. The zero-order valence-corrected chi connectivity index (χ0v) is 32.1. The minimum atomic E-state index is -2.70. The first-order valence-corrected chi connectivity index (χ1v) is 22.7. The second-order valence-electron chi connectivity index (χ2n) is 17.9. The van der Waals surface area contributed by atoms with E-state index in [2.05, 4.69) is 136 Å². The quantitative estimate of drug-likeness (QED) is 0.181. The van der Waals surface area contributed by atoms with E-state index in [1.165, 1.54) is 23.2 Å². The minimum absolute atomic E-state index is 0.0495. The van der Waals surface area contributed by atoms with E-state index in [4.69, 9.17) is 13.6 Å². The maximum Gasteiger partial charge on any atom is 0.261 e. The van der Waals surface area contributed by atoms with Gasteiger partial charge < -0.3 is 13.6 Å². The highest BCUT2D eigenvalue weighted by Crippen LogP contribution is 2.68. The molecule has 0 unspecified atom stereocenters. The second-order valence-corrected chi connectivity index (χ2v) is 26.7. The highest BCUT2D eigenvalue weighted by Gasteiger charge is 2.72. The van der Waals surface area contributed by atoms with Crippen LogP contribution in [0.5, 0.6) is 0 Å². The van der Waals surface area contributed by atoms with Crippen molar-refractivity contribution >= 4 is 32.8 Å². The third kappa shape index (κ3) is 6.48. The number of hydrogen-bond acceptors (Lipinski definition) is 4. The molecule has 2 saturated carbocycles. The summed E-state index contributed by atoms with van der Waals surface area (Å²) in [7, 11) is -4.70. The number of epoxide rings is 1. The van der Waals surface area contributed by atoms with Crippen molar-refractivity contribution in [1.29, 1.82) is 0 Å². The molecular formula is C39H60O4Si2. The topological polar surface area (TPSA) is 48.1 Å². The van der Waals surface area contributed by atoms with Gasteiger partial charge in [-0.1, -0.05) is 109 Å². The Balaban J connectivity index is 1.45. The standard InChI is InChI=1S/C39H60O4Si2/c1-35(2,3)45(29-19-14-12-15-20-29,30-21-16-13-17-22-30)41-26-25-37(6,43-44(9,10)11)28-31(40)34-38(7)24-18-23-36(4,5)32(38)27-33-39(34,8)42-33/h12-17,19-22,32-34H,18,23-28H2,1-11H3/t32-,33+,34+,37-,38-,39+/m0/s1. The molecule has 45 heavy (non-hydrogen) atoms. The van der Waals surface area contributed by atoms with Gasteiger partial charge in [-0.05, 0) is 91.3 Å². The van der Waals surface area contributed by atoms with Crippen molar-refractivity contribution in [3.05, 3.63) is 60.7 Å². The lowest BCUT2D eigenvalue weighted by molar-refractivity contribution is -0.145. The lowest BCUT2D eigenvalue weighted by Crippen LogP contribution is -2.66. The van der Waals surface area contributed by atoms with Crippen molar-refractivity contribution in [2.75, 3.05) is 6.61 Å². The summed E-state index contributed by atoms with van der Waals surface area (Å²) in [6, 6.07) is 21.6. The van der Waals surface area contributed by atoms with Crippen LogP contribution in [0.3, 0.4) is 0 Å². The normalized spacial score (nSPS) is 31.0. The van der Waals surface area contributed by atoms with Gasteiger partial charge in [-0.15, -0.1) is 0 Å². The molecule has 0 aromatic heterocycles. The molecule has 3 aliphatic rings. The smallest absolute Gasteiger partial charge is 0.261 e. The van der Waals surface area contributed by atoms with Crippen molar-refractivity contribution in [3.63, 3.8) is 0 Å². The van der Waals surface area contributed by atoms with Crippen LogP contribution in [0.1, 0.15) is 93.9 Å². The summed E-state index contributed by atoms with van der Waals surface area (Å²) in [6.07, 6.45) is 5.87. The Kier molecular flexibility index (Phi) is 9.14. The highest BCUT2D eigenvalue weighted by atomic mass is 28.4. The average Bonchev–Trinajstić information content (AvgIpc) is 3.58. The van der Waals surface area contributed by atoms with Crippen LogP contribution < -0.4 is 10.4 Å². The second kappa shape index (κ2) is 11.8. The van der Waals surface area contributed by atoms with E-state index in [0.717, 1.165) is 12.8 Å². The lowest BCUT2D eigenvalue weighted by atomic mass is 9.45. The maximum absolute atomic E-state index is 14.8. The first-order valence-electron chi connectivity index (χ1n) is 17.4. The Hall–Kier alpha value is -1.58. The maximum atomic E-state index is 14.8. The van der Waals surface area contributed by atoms with E-state index in [-0.39, 0.29) is 33.5 Å². The summed E-state index contributed by atoms with van der Waals surface area (Å²) >= 11 is 0. The molecule has 0 N–H and O–H groups in total. The van der Waals surface area contributed by atoms with E-state index in [9.17, 15) is 4.79 Å². The Morgan fingerprint density at radius 2 is 1.44 bits per heavy atom. The first kappa shape index (κ1) is 34.7. The van der Waals surface area contributed by atoms with Gasteiger partial charge in [0.2, 0.25) is 0 Å². The van der Waals surface area contributed by atoms with Gasteiger partial charge in [0.15, 0.2) is 8.32 Å². The van der Waals surface area contributed by atoms with Gasteiger partial charge in [-0.3, -0.25) is 4.79 Å². The predicted molar refractivity (Wildman–Crippen MR) is 191 cm³/mol. The van der Waals surface area contributed by atoms with Gasteiger partial charge in [-0.25, -0.2) is 0 Å². The molecule has 1 heterocycles. The number of benzene rings is 2. The van der Waals surface area contributed by atoms with Crippen LogP contribution in [0.2, 0.25) is 24.7 Å². The summed E-state index contributed by atoms with van der Waals surface area (Å²) < 4.78 is 20.8. The zero-order chi connectivity index (χ0) is 33.1. The predicted octanol–water partition coefficient (Wildman–Crippen LogP) is 8.53. The van der Waals surface area contributed by atoms with Crippen LogP contribution in [0.4, 0.5) is 0 Å².